The fourth-order valence-electron chi connectivity index (χ4n) is 1.67. The summed E-state index contributed by atoms with van der Waals surface area (Å²) in [6.45, 7) is 8.78. The van der Waals surface area contributed by atoms with Crippen molar-refractivity contribution in [3.63, 3.8) is 0 Å². The van der Waals surface area contributed by atoms with E-state index in [1.807, 2.05) is 0 Å². The molecule has 0 N–H and O–H groups in total. The van der Waals surface area contributed by atoms with Crippen LogP contribution in [0.2, 0.25) is 0 Å². The first-order valence-electron chi connectivity index (χ1n) is 4.74. The number of hydrogen-bond donors (Lipinski definition) is 0. The molecule has 0 spiro atoms. The Hall–Kier alpha value is -1.04. The minimum atomic E-state index is 0.153. The highest BCUT2D eigenvalue weighted by atomic mass is 14.2. The molecule has 0 aliphatic heterocycles. The topological polar surface area (TPSA) is 0 Å². The highest BCUT2D eigenvalue weighted by Crippen LogP contribution is 2.25. The van der Waals surface area contributed by atoms with Gasteiger partial charge in [-0.05, 0) is 19.4 Å². The highest BCUT2D eigenvalue weighted by Gasteiger charge is 2.16. The summed E-state index contributed by atoms with van der Waals surface area (Å²) in [6.07, 6.45) is 2.31. The smallest absolute Gasteiger partial charge is 0.00777 e. The van der Waals surface area contributed by atoms with Gasteiger partial charge in [-0.1, -0.05) is 55.8 Å². The molecule has 70 valence electrons. The Kier molecular flexibility index (Phi) is 2.92. The van der Waals surface area contributed by atoms with Gasteiger partial charge in [0.15, 0.2) is 0 Å². The van der Waals surface area contributed by atoms with E-state index in [0.717, 1.165) is 0 Å². The molecule has 0 radical (unpaired) electrons. The first-order chi connectivity index (χ1) is 6.02. The fraction of sp³-hybridized carbons (Fsp3) is 0.385. The van der Waals surface area contributed by atoms with Crippen molar-refractivity contribution >= 4 is 0 Å². The van der Waals surface area contributed by atoms with Crippen molar-refractivity contribution < 1.29 is 0 Å². The molecule has 0 fully saturated rings. The summed E-state index contributed by atoms with van der Waals surface area (Å²) in [5.41, 5.74) is 2.89. The van der Waals surface area contributed by atoms with E-state index in [-0.39, 0.29) is 5.41 Å². The van der Waals surface area contributed by atoms with E-state index < -0.39 is 0 Å². The van der Waals surface area contributed by atoms with Crippen LogP contribution in [0.1, 0.15) is 33.3 Å². The summed E-state index contributed by atoms with van der Waals surface area (Å²) in [6, 6.07) is 10.6. The molecular weight excluding hydrogens is 156 g/mol. The number of benzene rings is 1. The zero-order chi connectivity index (χ0) is 9.90. The number of allylic oxidation sites excluding steroid dienone is 2. The fourth-order valence-corrected chi connectivity index (χ4v) is 1.67. The molecule has 13 heavy (non-hydrogen) atoms. The summed E-state index contributed by atoms with van der Waals surface area (Å²) in [4.78, 5) is 0. The lowest BCUT2D eigenvalue weighted by molar-refractivity contribution is 0.664. The van der Waals surface area contributed by atoms with Gasteiger partial charge in [-0.2, -0.15) is 0 Å². The normalized spacial score (nSPS) is 11.1. The zero-order valence-electron chi connectivity index (χ0n) is 8.96. The van der Waals surface area contributed by atoms with Gasteiger partial charge < -0.3 is 0 Å². The Labute approximate surface area is 81.3 Å². The molecule has 1 aromatic carbocycles. The Balaban J connectivity index is 3.01. The lowest BCUT2D eigenvalue weighted by atomic mass is 9.83. The van der Waals surface area contributed by atoms with Crippen LogP contribution in [0.3, 0.4) is 0 Å². The molecule has 0 aliphatic rings. The third-order valence-corrected chi connectivity index (χ3v) is 2.17. The molecular formula is C13H18. The molecule has 0 heterocycles. The summed E-state index contributed by atoms with van der Waals surface area (Å²) in [5.74, 6) is 0. The van der Waals surface area contributed by atoms with Crippen molar-refractivity contribution in [1.29, 1.82) is 0 Å². The van der Waals surface area contributed by atoms with Crippen LogP contribution in [-0.2, 0) is 5.41 Å². The van der Waals surface area contributed by atoms with Crippen molar-refractivity contribution in [2.75, 3.05) is 0 Å². The highest BCUT2D eigenvalue weighted by molar-refractivity contribution is 5.29. The lowest BCUT2D eigenvalue weighted by Crippen LogP contribution is -2.13. The summed E-state index contributed by atoms with van der Waals surface area (Å²) in [7, 11) is 0. The maximum atomic E-state index is 2.31. The predicted octanol–water partition coefficient (Wildman–Crippen LogP) is 3.93. The predicted molar refractivity (Wildman–Crippen MR) is 58.9 cm³/mol. The zero-order valence-corrected chi connectivity index (χ0v) is 8.96. The minimum absolute atomic E-state index is 0.153. The van der Waals surface area contributed by atoms with Crippen molar-refractivity contribution in [2.45, 2.75) is 33.1 Å². The quantitative estimate of drug-likeness (QED) is 0.596. The van der Waals surface area contributed by atoms with Crippen LogP contribution in [0.5, 0.6) is 0 Å². The minimum Gasteiger partial charge on any atom is -0.0796 e. The van der Waals surface area contributed by atoms with Crippen LogP contribution in [0, 0.1) is 0 Å². The van der Waals surface area contributed by atoms with E-state index >= 15 is 0 Å². The first kappa shape index (κ1) is 10.0. The maximum absolute atomic E-state index is 2.31. The Bertz CT molecular complexity index is 287. The molecule has 0 unspecified atom stereocenters. The van der Waals surface area contributed by atoms with E-state index in [9.17, 15) is 0 Å². The van der Waals surface area contributed by atoms with E-state index in [1.54, 1.807) is 0 Å². The SMILES string of the molecule is CC(C)=CC(C)(C)c1ccccc1. The third kappa shape index (κ3) is 2.73. The van der Waals surface area contributed by atoms with Crippen LogP contribution >= 0.6 is 0 Å². The van der Waals surface area contributed by atoms with Crippen LogP contribution in [-0.4, -0.2) is 0 Å². The average Bonchev–Trinajstić information content (AvgIpc) is 2.04. The second-order valence-electron chi connectivity index (χ2n) is 4.31. The average molecular weight is 174 g/mol. The van der Waals surface area contributed by atoms with E-state index in [1.165, 1.54) is 11.1 Å². The van der Waals surface area contributed by atoms with Crippen molar-refractivity contribution in [3.05, 3.63) is 47.5 Å². The molecule has 0 aromatic heterocycles. The first-order valence-corrected chi connectivity index (χ1v) is 4.74. The van der Waals surface area contributed by atoms with Gasteiger partial charge in [-0.3, -0.25) is 0 Å². The molecule has 0 aliphatic carbocycles. The molecule has 0 saturated carbocycles. The van der Waals surface area contributed by atoms with E-state index in [2.05, 4.69) is 64.1 Å². The summed E-state index contributed by atoms with van der Waals surface area (Å²) in [5, 5.41) is 0. The van der Waals surface area contributed by atoms with Crippen LogP contribution in [0.15, 0.2) is 42.0 Å². The van der Waals surface area contributed by atoms with Crippen molar-refractivity contribution in [1.82, 2.24) is 0 Å². The van der Waals surface area contributed by atoms with Gasteiger partial charge >= 0.3 is 0 Å². The molecule has 0 bridgehead atoms. The Morgan fingerprint density at radius 2 is 1.62 bits per heavy atom. The molecule has 1 aromatic rings. The van der Waals surface area contributed by atoms with E-state index in [0.29, 0.717) is 0 Å². The third-order valence-electron chi connectivity index (χ3n) is 2.17. The maximum Gasteiger partial charge on any atom is 0.00777 e. The monoisotopic (exact) mass is 174 g/mol. The second kappa shape index (κ2) is 3.78. The van der Waals surface area contributed by atoms with E-state index in [4.69, 9.17) is 0 Å². The van der Waals surface area contributed by atoms with Gasteiger partial charge in [-0.15, -0.1) is 0 Å². The molecule has 0 atom stereocenters. The molecule has 0 saturated heterocycles. The van der Waals surface area contributed by atoms with Gasteiger partial charge in [0.2, 0.25) is 0 Å². The Morgan fingerprint density at radius 1 is 1.08 bits per heavy atom. The number of hydrogen-bond acceptors (Lipinski definition) is 0. The van der Waals surface area contributed by atoms with Crippen LogP contribution in [0.25, 0.3) is 0 Å². The van der Waals surface area contributed by atoms with Crippen molar-refractivity contribution in [3.8, 4) is 0 Å². The van der Waals surface area contributed by atoms with Crippen LogP contribution in [0.4, 0.5) is 0 Å². The summed E-state index contributed by atoms with van der Waals surface area (Å²) >= 11 is 0. The van der Waals surface area contributed by atoms with Gasteiger partial charge in [-0.25, -0.2) is 0 Å². The largest absolute Gasteiger partial charge is 0.0796 e. The van der Waals surface area contributed by atoms with Crippen molar-refractivity contribution in [2.24, 2.45) is 0 Å². The molecule has 0 amide bonds. The second-order valence-corrected chi connectivity index (χ2v) is 4.31. The number of rotatable bonds is 2. The lowest BCUT2D eigenvalue weighted by Gasteiger charge is -2.21. The standard InChI is InChI=1S/C13H18/c1-11(2)10-13(3,4)12-8-6-5-7-9-12/h5-10H,1-4H3. The van der Waals surface area contributed by atoms with Crippen LogP contribution < -0.4 is 0 Å². The van der Waals surface area contributed by atoms with Gasteiger partial charge in [0.05, 0.1) is 0 Å². The summed E-state index contributed by atoms with van der Waals surface area (Å²) < 4.78 is 0. The van der Waals surface area contributed by atoms with Gasteiger partial charge in [0, 0.05) is 5.41 Å². The molecule has 0 heteroatoms. The Morgan fingerprint density at radius 3 is 2.08 bits per heavy atom. The van der Waals surface area contributed by atoms with Gasteiger partial charge in [0.25, 0.3) is 0 Å². The molecule has 1 rings (SSSR count). The van der Waals surface area contributed by atoms with Gasteiger partial charge in [0.1, 0.15) is 0 Å². The molecule has 0 nitrogen and oxygen atoms in total.